The quantitative estimate of drug-likeness (QED) is 0.735. The molecule has 92 valence electrons. The zero-order chi connectivity index (χ0) is 11.7. The molecular formula is C12H17N3O2. The molecule has 0 radical (unpaired) electrons. The van der Waals surface area contributed by atoms with Crippen molar-refractivity contribution in [2.24, 2.45) is 0 Å². The lowest BCUT2D eigenvalue weighted by molar-refractivity contribution is 0.0788. The van der Waals surface area contributed by atoms with Crippen molar-refractivity contribution < 1.29 is 4.74 Å². The van der Waals surface area contributed by atoms with Crippen LogP contribution < -0.4 is 11.0 Å². The van der Waals surface area contributed by atoms with Gasteiger partial charge in [-0.15, -0.1) is 0 Å². The highest BCUT2D eigenvalue weighted by Crippen LogP contribution is 2.27. The van der Waals surface area contributed by atoms with E-state index in [2.05, 4.69) is 15.3 Å². The maximum atomic E-state index is 11.6. The van der Waals surface area contributed by atoms with Gasteiger partial charge in [-0.25, -0.2) is 4.79 Å². The zero-order valence-electron chi connectivity index (χ0n) is 9.79. The normalized spacial score (nSPS) is 24.4. The number of hydrogen-bond acceptors (Lipinski definition) is 4. The molecule has 1 saturated heterocycles. The van der Waals surface area contributed by atoms with Crippen LogP contribution >= 0.6 is 0 Å². The van der Waals surface area contributed by atoms with Gasteiger partial charge in [0.15, 0.2) is 0 Å². The van der Waals surface area contributed by atoms with Gasteiger partial charge in [0.2, 0.25) is 0 Å². The fourth-order valence-electron chi connectivity index (χ4n) is 2.70. The predicted molar refractivity (Wildman–Crippen MR) is 63.1 cm³/mol. The Morgan fingerprint density at radius 1 is 1.41 bits per heavy atom. The van der Waals surface area contributed by atoms with E-state index in [1.807, 2.05) is 0 Å². The van der Waals surface area contributed by atoms with Crippen LogP contribution in [0.25, 0.3) is 0 Å². The van der Waals surface area contributed by atoms with E-state index >= 15 is 0 Å². The highest BCUT2D eigenvalue weighted by molar-refractivity contribution is 5.29. The minimum Gasteiger partial charge on any atom is -0.381 e. The number of H-pyrrole nitrogens is 1. The standard InChI is InChI=1S/C12H17N3O2/c16-12-14-10-3-4-13-6-9(10)11(15-12)8-2-1-5-17-7-8/h8,13H,1-7H2,(H,14,15,16). The summed E-state index contributed by atoms with van der Waals surface area (Å²) in [5.41, 5.74) is 2.98. The predicted octanol–water partition coefficient (Wildman–Crippen LogP) is 0.310. The Balaban J connectivity index is 2.01. The summed E-state index contributed by atoms with van der Waals surface area (Å²) in [6.07, 6.45) is 3.01. The van der Waals surface area contributed by atoms with Gasteiger partial charge in [-0.1, -0.05) is 0 Å². The first-order valence-corrected chi connectivity index (χ1v) is 6.25. The zero-order valence-corrected chi connectivity index (χ0v) is 9.79. The molecular weight excluding hydrogens is 218 g/mol. The number of hydrogen-bond donors (Lipinski definition) is 2. The minimum atomic E-state index is -0.216. The van der Waals surface area contributed by atoms with Crippen LogP contribution in [0.1, 0.15) is 35.7 Å². The van der Waals surface area contributed by atoms with Crippen molar-refractivity contribution in [2.45, 2.75) is 31.7 Å². The van der Waals surface area contributed by atoms with Crippen LogP contribution in [0, 0.1) is 0 Å². The van der Waals surface area contributed by atoms with E-state index < -0.39 is 0 Å². The fraction of sp³-hybridized carbons (Fsp3) is 0.667. The summed E-state index contributed by atoms with van der Waals surface area (Å²) in [6.45, 7) is 3.27. The molecule has 0 amide bonds. The Labute approximate surface area is 99.6 Å². The summed E-state index contributed by atoms with van der Waals surface area (Å²) < 4.78 is 5.49. The van der Waals surface area contributed by atoms with E-state index in [0.29, 0.717) is 12.5 Å². The van der Waals surface area contributed by atoms with Crippen LogP contribution in [0.3, 0.4) is 0 Å². The monoisotopic (exact) mass is 235 g/mol. The topological polar surface area (TPSA) is 67.0 Å². The molecule has 0 spiro atoms. The second kappa shape index (κ2) is 4.58. The SMILES string of the molecule is O=c1nc(C2CCCOC2)c2c([nH]1)CCNC2. The number of rotatable bonds is 1. The van der Waals surface area contributed by atoms with Gasteiger partial charge in [-0.2, -0.15) is 4.98 Å². The summed E-state index contributed by atoms with van der Waals surface area (Å²) in [5, 5.41) is 3.34. The first-order chi connectivity index (χ1) is 8.34. The molecule has 1 unspecified atom stereocenters. The largest absolute Gasteiger partial charge is 0.381 e. The molecule has 2 aliphatic rings. The van der Waals surface area contributed by atoms with Crippen LogP contribution in [0.5, 0.6) is 0 Å². The molecule has 1 aromatic heterocycles. The van der Waals surface area contributed by atoms with Crippen molar-refractivity contribution in [2.75, 3.05) is 19.8 Å². The molecule has 1 fully saturated rings. The van der Waals surface area contributed by atoms with Crippen LogP contribution in [0.2, 0.25) is 0 Å². The maximum absolute atomic E-state index is 11.6. The third kappa shape index (κ3) is 2.12. The van der Waals surface area contributed by atoms with Crippen LogP contribution in [0.4, 0.5) is 0 Å². The van der Waals surface area contributed by atoms with Gasteiger partial charge in [0.05, 0.1) is 12.3 Å². The summed E-state index contributed by atoms with van der Waals surface area (Å²) in [4.78, 5) is 18.6. The number of aromatic nitrogens is 2. The Morgan fingerprint density at radius 2 is 2.35 bits per heavy atom. The molecule has 3 heterocycles. The van der Waals surface area contributed by atoms with E-state index in [9.17, 15) is 4.79 Å². The van der Waals surface area contributed by atoms with Crippen LogP contribution in [0.15, 0.2) is 4.79 Å². The summed E-state index contributed by atoms with van der Waals surface area (Å²) in [7, 11) is 0. The van der Waals surface area contributed by atoms with Crippen LogP contribution in [-0.4, -0.2) is 29.7 Å². The summed E-state index contributed by atoms with van der Waals surface area (Å²) in [5.74, 6) is 0.291. The van der Waals surface area contributed by atoms with E-state index in [1.165, 1.54) is 5.56 Å². The summed E-state index contributed by atoms with van der Waals surface area (Å²) >= 11 is 0. The second-order valence-corrected chi connectivity index (χ2v) is 4.73. The lowest BCUT2D eigenvalue weighted by Crippen LogP contribution is -2.32. The lowest BCUT2D eigenvalue weighted by atomic mass is 9.92. The van der Waals surface area contributed by atoms with Gasteiger partial charge in [0, 0.05) is 43.3 Å². The number of nitrogens with zero attached hydrogens (tertiary/aromatic N) is 1. The molecule has 3 rings (SSSR count). The van der Waals surface area contributed by atoms with E-state index in [1.54, 1.807) is 0 Å². The van der Waals surface area contributed by atoms with Crippen molar-refractivity contribution in [3.63, 3.8) is 0 Å². The Hall–Kier alpha value is -1.20. The maximum Gasteiger partial charge on any atom is 0.345 e. The first kappa shape index (κ1) is 10.9. The molecule has 0 aromatic carbocycles. The van der Waals surface area contributed by atoms with Gasteiger partial charge in [-0.3, -0.25) is 0 Å². The van der Waals surface area contributed by atoms with Crippen molar-refractivity contribution in [3.05, 3.63) is 27.4 Å². The second-order valence-electron chi connectivity index (χ2n) is 4.73. The Bertz CT molecular complexity index is 463. The van der Waals surface area contributed by atoms with Gasteiger partial charge in [-0.05, 0) is 12.8 Å². The van der Waals surface area contributed by atoms with Crippen molar-refractivity contribution in [1.82, 2.24) is 15.3 Å². The smallest absolute Gasteiger partial charge is 0.345 e. The molecule has 5 nitrogen and oxygen atoms in total. The molecule has 1 atom stereocenters. The van der Waals surface area contributed by atoms with Gasteiger partial charge in [0.25, 0.3) is 0 Å². The van der Waals surface area contributed by atoms with Crippen molar-refractivity contribution >= 4 is 0 Å². The lowest BCUT2D eigenvalue weighted by Gasteiger charge is -2.26. The Morgan fingerprint density at radius 3 is 3.18 bits per heavy atom. The highest BCUT2D eigenvalue weighted by Gasteiger charge is 2.24. The van der Waals surface area contributed by atoms with Crippen LogP contribution in [-0.2, 0) is 17.7 Å². The molecule has 2 N–H and O–H groups in total. The van der Waals surface area contributed by atoms with Gasteiger partial charge >= 0.3 is 5.69 Å². The summed E-state index contributed by atoms with van der Waals surface area (Å²) in [6, 6.07) is 0. The fourth-order valence-corrected chi connectivity index (χ4v) is 2.70. The first-order valence-electron chi connectivity index (χ1n) is 6.25. The van der Waals surface area contributed by atoms with Crippen molar-refractivity contribution in [1.29, 1.82) is 0 Å². The van der Waals surface area contributed by atoms with E-state index in [-0.39, 0.29) is 5.69 Å². The average Bonchev–Trinajstić information content (AvgIpc) is 2.39. The number of nitrogens with one attached hydrogen (secondary N) is 2. The Kier molecular flexibility index (Phi) is 2.94. The molecule has 1 aromatic rings. The average molecular weight is 235 g/mol. The number of aromatic amines is 1. The molecule has 5 heteroatoms. The highest BCUT2D eigenvalue weighted by atomic mass is 16.5. The third-order valence-corrected chi connectivity index (χ3v) is 3.55. The molecule has 17 heavy (non-hydrogen) atoms. The van der Waals surface area contributed by atoms with Gasteiger partial charge in [0.1, 0.15) is 0 Å². The molecule has 0 bridgehead atoms. The number of ether oxygens (including phenoxy) is 1. The molecule has 2 aliphatic heterocycles. The van der Waals surface area contributed by atoms with E-state index in [0.717, 1.165) is 50.3 Å². The third-order valence-electron chi connectivity index (χ3n) is 3.55. The van der Waals surface area contributed by atoms with Crippen molar-refractivity contribution in [3.8, 4) is 0 Å². The molecule has 0 aliphatic carbocycles. The van der Waals surface area contributed by atoms with E-state index in [4.69, 9.17) is 4.74 Å². The minimum absolute atomic E-state index is 0.216. The molecule has 0 saturated carbocycles. The van der Waals surface area contributed by atoms with Gasteiger partial charge < -0.3 is 15.0 Å². The number of fused-ring (bicyclic) bond motifs is 1.